The Labute approximate surface area is 192 Å². The second kappa shape index (κ2) is 8.92. The van der Waals surface area contributed by atoms with Gasteiger partial charge in [-0.25, -0.2) is 17.5 Å². The molecule has 31 heavy (non-hydrogen) atoms. The fourth-order valence-electron chi connectivity index (χ4n) is 4.46. The summed E-state index contributed by atoms with van der Waals surface area (Å²) in [4.78, 5) is 14.9. The molecule has 2 atom stereocenters. The molecule has 0 unspecified atom stereocenters. The van der Waals surface area contributed by atoms with Crippen LogP contribution in [0.4, 0.5) is 4.79 Å². The Bertz CT molecular complexity index is 1030. The minimum Gasteiger partial charge on any atom is -0.438 e. The van der Waals surface area contributed by atoms with Crippen molar-refractivity contribution in [3.63, 3.8) is 0 Å². The van der Waals surface area contributed by atoms with E-state index in [1.165, 1.54) is 4.31 Å². The van der Waals surface area contributed by atoms with Crippen LogP contribution in [-0.2, 0) is 20.4 Å². The number of carbonyl (C=O) groups excluding carboxylic acids is 1. The molecule has 2 heterocycles. The molecule has 2 aromatic carbocycles. The van der Waals surface area contributed by atoms with Crippen LogP contribution in [0.25, 0.3) is 0 Å². The molecule has 2 aliphatic heterocycles. The predicted octanol–water partition coefficient (Wildman–Crippen LogP) is 4.67. The molecule has 166 valence electrons. The molecule has 0 spiro atoms. The molecule has 1 amide bonds. The fourth-order valence-corrected chi connectivity index (χ4v) is 6.25. The average molecular weight is 507 g/mol. The van der Waals surface area contributed by atoms with Gasteiger partial charge in [-0.1, -0.05) is 58.4 Å². The Hall–Kier alpha value is -1.90. The number of carbonyl (C=O) groups is 1. The number of ether oxygens (including phenoxy) is 1. The number of benzene rings is 2. The molecule has 0 bridgehead atoms. The van der Waals surface area contributed by atoms with E-state index in [1.807, 2.05) is 61.5 Å². The van der Waals surface area contributed by atoms with E-state index in [0.717, 1.165) is 15.6 Å². The van der Waals surface area contributed by atoms with Gasteiger partial charge in [0.05, 0.1) is 11.8 Å². The molecule has 0 radical (unpaired) electrons. The van der Waals surface area contributed by atoms with E-state index in [0.29, 0.717) is 38.9 Å². The SMILES string of the molecule is C[C@@H](c1ccc(Br)cc1)N1CC[C@](CCN2CCCS2(=O)=O)(c2ccccc2)OC1=O. The number of hydrogen-bond acceptors (Lipinski definition) is 4. The van der Waals surface area contributed by atoms with Gasteiger partial charge < -0.3 is 9.64 Å². The highest BCUT2D eigenvalue weighted by atomic mass is 79.9. The lowest BCUT2D eigenvalue weighted by Gasteiger charge is -2.44. The summed E-state index contributed by atoms with van der Waals surface area (Å²) in [7, 11) is -3.20. The number of cyclic esters (lactones) is 1. The van der Waals surface area contributed by atoms with Crippen LogP contribution in [-0.4, -0.2) is 49.1 Å². The molecular formula is C23H27BrN2O4S. The maximum atomic E-state index is 13.2. The van der Waals surface area contributed by atoms with Crippen molar-refractivity contribution >= 4 is 32.0 Å². The first-order valence-corrected chi connectivity index (χ1v) is 13.0. The number of halogens is 1. The maximum Gasteiger partial charge on any atom is 0.411 e. The molecular weight excluding hydrogens is 480 g/mol. The van der Waals surface area contributed by atoms with Gasteiger partial charge >= 0.3 is 6.09 Å². The van der Waals surface area contributed by atoms with Crippen molar-refractivity contribution in [1.29, 1.82) is 0 Å². The normalized spacial score (nSPS) is 24.7. The Kier molecular flexibility index (Phi) is 6.42. The van der Waals surface area contributed by atoms with Crippen LogP contribution in [0.5, 0.6) is 0 Å². The Morgan fingerprint density at radius 2 is 1.81 bits per heavy atom. The molecule has 0 aromatic heterocycles. The molecule has 2 aliphatic rings. The van der Waals surface area contributed by atoms with Crippen molar-refractivity contribution in [2.75, 3.05) is 25.4 Å². The van der Waals surface area contributed by atoms with Crippen molar-refractivity contribution < 1.29 is 17.9 Å². The summed E-state index contributed by atoms with van der Waals surface area (Å²) in [5.74, 6) is 0.198. The highest BCUT2D eigenvalue weighted by Gasteiger charge is 2.44. The minimum absolute atomic E-state index is 0.117. The Balaban J connectivity index is 1.55. The van der Waals surface area contributed by atoms with Crippen molar-refractivity contribution in [2.45, 2.75) is 37.8 Å². The van der Waals surface area contributed by atoms with Crippen LogP contribution in [0.1, 0.15) is 43.4 Å². The fraction of sp³-hybridized carbons (Fsp3) is 0.435. The molecule has 0 saturated carbocycles. The van der Waals surface area contributed by atoms with Crippen molar-refractivity contribution in [1.82, 2.24) is 9.21 Å². The molecule has 2 fully saturated rings. The third-order valence-corrected chi connectivity index (χ3v) is 8.85. The summed E-state index contributed by atoms with van der Waals surface area (Å²) in [5.41, 5.74) is 1.12. The second-order valence-electron chi connectivity index (χ2n) is 8.22. The van der Waals surface area contributed by atoms with Crippen LogP contribution in [0.2, 0.25) is 0 Å². The number of nitrogens with zero attached hydrogens (tertiary/aromatic N) is 2. The lowest BCUT2D eigenvalue weighted by molar-refractivity contribution is -0.0668. The summed E-state index contributed by atoms with van der Waals surface area (Å²) in [5, 5.41) is 0. The van der Waals surface area contributed by atoms with Crippen molar-refractivity contribution in [2.24, 2.45) is 0 Å². The van der Waals surface area contributed by atoms with E-state index in [4.69, 9.17) is 4.74 Å². The molecule has 4 rings (SSSR count). The van der Waals surface area contributed by atoms with Crippen LogP contribution in [0.3, 0.4) is 0 Å². The lowest BCUT2D eigenvalue weighted by Crippen LogP contribution is -2.50. The first-order chi connectivity index (χ1) is 14.8. The van der Waals surface area contributed by atoms with Crippen LogP contribution in [0.15, 0.2) is 59.1 Å². The summed E-state index contributed by atoms with van der Waals surface area (Å²) in [6.45, 7) is 3.43. The Morgan fingerprint density at radius 3 is 2.42 bits per heavy atom. The summed E-state index contributed by atoms with van der Waals surface area (Å²) >= 11 is 3.44. The highest BCUT2D eigenvalue weighted by molar-refractivity contribution is 9.10. The second-order valence-corrected chi connectivity index (χ2v) is 11.2. The van der Waals surface area contributed by atoms with Gasteiger partial charge in [-0.05, 0) is 36.6 Å². The van der Waals surface area contributed by atoms with Crippen molar-refractivity contribution in [3.8, 4) is 0 Å². The summed E-state index contributed by atoms with van der Waals surface area (Å²) in [6, 6.07) is 17.5. The topological polar surface area (TPSA) is 66.9 Å². The predicted molar refractivity (Wildman–Crippen MR) is 123 cm³/mol. The number of hydrogen-bond donors (Lipinski definition) is 0. The van der Waals surface area contributed by atoms with Gasteiger partial charge in [0.25, 0.3) is 0 Å². The smallest absolute Gasteiger partial charge is 0.411 e. The third kappa shape index (κ3) is 4.66. The van der Waals surface area contributed by atoms with Crippen LogP contribution < -0.4 is 0 Å². The van der Waals surface area contributed by atoms with E-state index < -0.39 is 15.6 Å². The van der Waals surface area contributed by atoms with Gasteiger partial charge in [0.1, 0.15) is 5.60 Å². The van der Waals surface area contributed by atoms with Crippen LogP contribution in [0, 0.1) is 0 Å². The highest BCUT2D eigenvalue weighted by Crippen LogP contribution is 2.40. The largest absolute Gasteiger partial charge is 0.438 e. The monoisotopic (exact) mass is 506 g/mol. The van der Waals surface area contributed by atoms with Gasteiger partial charge in [0, 0.05) is 36.9 Å². The van der Waals surface area contributed by atoms with E-state index in [1.54, 1.807) is 4.90 Å². The van der Waals surface area contributed by atoms with Crippen molar-refractivity contribution in [3.05, 3.63) is 70.2 Å². The Morgan fingerprint density at radius 1 is 1.10 bits per heavy atom. The van der Waals surface area contributed by atoms with E-state index >= 15 is 0 Å². The zero-order valence-corrected chi connectivity index (χ0v) is 19.9. The molecule has 8 heteroatoms. The van der Waals surface area contributed by atoms with Crippen LogP contribution >= 0.6 is 15.9 Å². The molecule has 6 nitrogen and oxygen atoms in total. The standard InChI is InChI=1S/C23H27BrN2O4S/c1-18(19-8-10-21(24)11-9-19)26-16-13-23(30-22(26)27,20-6-3-2-4-7-20)12-15-25-14-5-17-31(25,28)29/h2-4,6-11,18H,5,12-17H2,1H3/t18-,23+/m0/s1. The zero-order chi connectivity index (χ0) is 22.1. The molecule has 0 aliphatic carbocycles. The maximum absolute atomic E-state index is 13.2. The number of rotatable bonds is 6. The third-order valence-electron chi connectivity index (χ3n) is 6.36. The van der Waals surface area contributed by atoms with Gasteiger partial charge in [0.2, 0.25) is 10.0 Å². The summed E-state index contributed by atoms with van der Waals surface area (Å²) < 4.78 is 33.2. The number of sulfonamides is 1. The minimum atomic E-state index is -3.20. The summed E-state index contributed by atoms with van der Waals surface area (Å²) in [6.07, 6.45) is 1.34. The van der Waals surface area contributed by atoms with Gasteiger partial charge in [-0.15, -0.1) is 0 Å². The molecule has 2 aromatic rings. The van der Waals surface area contributed by atoms with Gasteiger partial charge in [-0.3, -0.25) is 0 Å². The lowest BCUT2D eigenvalue weighted by atomic mass is 9.85. The van der Waals surface area contributed by atoms with E-state index in [2.05, 4.69) is 15.9 Å². The first kappa shape index (κ1) is 22.3. The van der Waals surface area contributed by atoms with Gasteiger partial charge in [-0.2, -0.15) is 0 Å². The van der Waals surface area contributed by atoms with Gasteiger partial charge in [0.15, 0.2) is 0 Å². The average Bonchev–Trinajstić information content (AvgIpc) is 3.11. The van der Waals surface area contributed by atoms with E-state index in [-0.39, 0.29) is 17.9 Å². The zero-order valence-electron chi connectivity index (χ0n) is 17.5. The molecule has 2 saturated heterocycles. The quantitative estimate of drug-likeness (QED) is 0.570. The van der Waals surface area contributed by atoms with E-state index in [9.17, 15) is 13.2 Å². The first-order valence-electron chi connectivity index (χ1n) is 10.6. The number of amides is 1. The molecule has 0 N–H and O–H groups in total.